The molecule has 1 amide bonds. The molecule has 2 aromatic rings. The van der Waals surface area contributed by atoms with E-state index in [2.05, 4.69) is 5.32 Å². The molecular weight excluding hydrogens is 293 g/mol. The van der Waals surface area contributed by atoms with E-state index in [1.807, 2.05) is 24.3 Å². The van der Waals surface area contributed by atoms with E-state index < -0.39 is 0 Å². The minimum atomic E-state index is -0.274. The van der Waals surface area contributed by atoms with Crippen molar-refractivity contribution in [1.29, 1.82) is 0 Å². The van der Waals surface area contributed by atoms with Crippen molar-refractivity contribution in [2.75, 3.05) is 5.32 Å². The maximum Gasteiger partial charge on any atom is 0.227 e. The van der Waals surface area contributed by atoms with Gasteiger partial charge in [0, 0.05) is 17.7 Å². The average Bonchev–Trinajstić information content (AvgIpc) is 3.08. The number of carbonyl (C=O) groups is 1. The highest BCUT2D eigenvalue weighted by Gasteiger charge is 2.22. The van der Waals surface area contributed by atoms with E-state index in [1.165, 1.54) is 12.1 Å². The van der Waals surface area contributed by atoms with Crippen LogP contribution in [0.3, 0.4) is 0 Å². The van der Waals surface area contributed by atoms with Gasteiger partial charge >= 0.3 is 0 Å². The first-order chi connectivity index (χ1) is 11.2. The normalized spacial score (nSPS) is 14.7. The Morgan fingerprint density at radius 1 is 1.13 bits per heavy atom. The molecule has 1 N–H and O–H groups in total. The molecule has 120 valence electrons. The predicted octanol–water partition coefficient (Wildman–Crippen LogP) is 4.53. The zero-order valence-corrected chi connectivity index (χ0v) is 12.9. The third-order valence-electron chi connectivity index (χ3n) is 4.12. The van der Waals surface area contributed by atoms with Crippen LogP contribution in [0.4, 0.5) is 10.1 Å². The van der Waals surface area contributed by atoms with Gasteiger partial charge in [0.2, 0.25) is 5.91 Å². The topological polar surface area (TPSA) is 38.3 Å². The number of hydrogen-bond acceptors (Lipinski definition) is 2. The molecule has 0 radical (unpaired) electrons. The van der Waals surface area contributed by atoms with Gasteiger partial charge in [0.05, 0.1) is 0 Å². The van der Waals surface area contributed by atoms with Gasteiger partial charge in [0.25, 0.3) is 0 Å². The van der Waals surface area contributed by atoms with E-state index in [0.717, 1.165) is 36.9 Å². The molecule has 0 saturated heterocycles. The van der Waals surface area contributed by atoms with E-state index in [4.69, 9.17) is 4.74 Å². The lowest BCUT2D eigenvalue weighted by Gasteiger charge is -2.12. The summed E-state index contributed by atoms with van der Waals surface area (Å²) in [6.45, 7) is 0.289. The molecule has 0 heterocycles. The van der Waals surface area contributed by atoms with Crippen LogP contribution in [0.15, 0.2) is 48.5 Å². The van der Waals surface area contributed by atoms with Gasteiger partial charge in [0.15, 0.2) is 0 Å². The maximum absolute atomic E-state index is 13.1. The van der Waals surface area contributed by atoms with E-state index in [1.54, 1.807) is 12.1 Å². The molecule has 0 spiro atoms. The lowest BCUT2D eigenvalue weighted by molar-refractivity contribution is -0.119. The van der Waals surface area contributed by atoms with Gasteiger partial charge in [0.1, 0.15) is 18.2 Å². The van der Waals surface area contributed by atoms with E-state index >= 15 is 0 Å². The third kappa shape index (κ3) is 4.31. The highest BCUT2D eigenvalue weighted by Crippen LogP contribution is 2.26. The number of nitrogens with one attached hydrogen (secondary N) is 1. The molecule has 0 bridgehead atoms. The monoisotopic (exact) mass is 313 g/mol. The lowest BCUT2D eigenvalue weighted by Crippen LogP contribution is -2.20. The van der Waals surface area contributed by atoms with Crippen LogP contribution in [-0.4, -0.2) is 5.91 Å². The first-order valence-corrected chi connectivity index (χ1v) is 7.99. The number of halogens is 1. The molecule has 0 atom stereocenters. The summed E-state index contributed by atoms with van der Waals surface area (Å²) >= 11 is 0. The fourth-order valence-corrected chi connectivity index (χ4v) is 2.89. The van der Waals surface area contributed by atoms with Crippen LogP contribution < -0.4 is 10.1 Å². The van der Waals surface area contributed by atoms with Crippen LogP contribution in [-0.2, 0) is 11.4 Å². The van der Waals surface area contributed by atoms with Crippen molar-refractivity contribution in [2.24, 2.45) is 5.92 Å². The second kappa shape index (κ2) is 7.27. The van der Waals surface area contributed by atoms with Crippen LogP contribution in [0.2, 0.25) is 0 Å². The molecule has 0 unspecified atom stereocenters. The Kier molecular flexibility index (Phi) is 4.91. The minimum Gasteiger partial charge on any atom is -0.489 e. The zero-order valence-electron chi connectivity index (χ0n) is 12.9. The highest BCUT2D eigenvalue weighted by atomic mass is 19.1. The number of hydrogen-bond donors (Lipinski definition) is 1. The first kappa shape index (κ1) is 15.5. The molecular formula is C19H20FNO2. The van der Waals surface area contributed by atoms with E-state index in [-0.39, 0.29) is 24.2 Å². The quantitative estimate of drug-likeness (QED) is 0.880. The lowest BCUT2D eigenvalue weighted by atomic mass is 10.1. The summed E-state index contributed by atoms with van der Waals surface area (Å²) in [6, 6.07) is 13.6. The SMILES string of the molecule is O=C(Nc1cccc(OCc2cccc(F)c2)c1)C1CCCC1. The van der Waals surface area contributed by atoms with E-state index in [0.29, 0.717) is 5.75 Å². The molecule has 0 aromatic heterocycles. The Hall–Kier alpha value is -2.36. The van der Waals surface area contributed by atoms with Crippen molar-refractivity contribution < 1.29 is 13.9 Å². The smallest absolute Gasteiger partial charge is 0.227 e. The summed E-state index contributed by atoms with van der Waals surface area (Å²) in [5, 5.41) is 2.95. The molecule has 0 aliphatic heterocycles. The molecule has 4 heteroatoms. The van der Waals surface area contributed by atoms with Crippen molar-refractivity contribution in [3.05, 3.63) is 59.9 Å². The first-order valence-electron chi connectivity index (χ1n) is 7.99. The Morgan fingerprint density at radius 2 is 1.91 bits per heavy atom. The largest absolute Gasteiger partial charge is 0.489 e. The van der Waals surface area contributed by atoms with Gasteiger partial charge in [-0.3, -0.25) is 4.79 Å². The average molecular weight is 313 g/mol. The molecule has 3 rings (SSSR count). The van der Waals surface area contributed by atoms with Crippen molar-refractivity contribution in [3.8, 4) is 5.75 Å². The van der Waals surface area contributed by atoms with Crippen LogP contribution in [0.5, 0.6) is 5.75 Å². The second-order valence-corrected chi connectivity index (χ2v) is 5.92. The Labute approximate surface area is 135 Å². The standard InChI is InChI=1S/C19H20FNO2/c20-16-8-3-5-14(11-16)13-23-18-10-4-9-17(12-18)21-19(22)15-6-1-2-7-15/h3-5,8-12,15H,1-2,6-7,13H2,(H,21,22). The second-order valence-electron chi connectivity index (χ2n) is 5.92. The van der Waals surface area contributed by atoms with E-state index in [9.17, 15) is 9.18 Å². The summed E-state index contributed by atoms with van der Waals surface area (Å²) in [4.78, 5) is 12.1. The Morgan fingerprint density at radius 3 is 2.70 bits per heavy atom. The molecule has 1 saturated carbocycles. The fraction of sp³-hybridized carbons (Fsp3) is 0.316. The van der Waals surface area contributed by atoms with Crippen molar-refractivity contribution in [3.63, 3.8) is 0 Å². The van der Waals surface area contributed by atoms with Crippen LogP contribution in [0.1, 0.15) is 31.2 Å². The summed E-state index contributed by atoms with van der Waals surface area (Å²) in [5.74, 6) is 0.596. The Bertz CT molecular complexity index is 681. The number of amides is 1. The van der Waals surface area contributed by atoms with Crippen LogP contribution >= 0.6 is 0 Å². The van der Waals surface area contributed by atoms with Gasteiger partial charge in [-0.05, 0) is 42.7 Å². The molecule has 23 heavy (non-hydrogen) atoms. The number of anilines is 1. The number of benzene rings is 2. The van der Waals surface area contributed by atoms with Crippen LogP contribution in [0, 0.1) is 11.7 Å². The van der Waals surface area contributed by atoms with Crippen LogP contribution in [0.25, 0.3) is 0 Å². The summed E-state index contributed by atoms with van der Waals surface area (Å²) in [5.41, 5.74) is 1.50. The number of carbonyl (C=O) groups excluding carboxylic acids is 1. The molecule has 1 aliphatic rings. The van der Waals surface area contributed by atoms with Gasteiger partial charge < -0.3 is 10.1 Å². The summed E-state index contributed by atoms with van der Waals surface area (Å²) in [7, 11) is 0. The number of rotatable bonds is 5. The van der Waals surface area contributed by atoms with Crippen molar-refractivity contribution in [2.45, 2.75) is 32.3 Å². The Balaban J connectivity index is 1.59. The van der Waals surface area contributed by atoms with Gasteiger partial charge in [-0.15, -0.1) is 0 Å². The molecule has 1 fully saturated rings. The molecule has 3 nitrogen and oxygen atoms in total. The van der Waals surface area contributed by atoms with Gasteiger partial charge in [-0.1, -0.05) is 31.0 Å². The third-order valence-corrected chi connectivity index (χ3v) is 4.12. The number of ether oxygens (including phenoxy) is 1. The van der Waals surface area contributed by atoms with Crippen molar-refractivity contribution in [1.82, 2.24) is 0 Å². The summed E-state index contributed by atoms with van der Waals surface area (Å²) < 4.78 is 18.8. The predicted molar refractivity (Wildman–Crippen MR) is 87.8 cm³/mol. The minimum absolute atomic E-state index is 0.0878. The zero-order chi connectivity index (χ0) is 16.1. The summed E-state index contributed by atoms with van der Waals surface area (Å²) in [6.07, 6.45) is 4.22. The molecule has 2 aromatic carbocycles. The molecule has 1 aliphatic carbocycles. The van der Waals surface area contributed by atoms with Crippen molar-refractivity contribution >= 4 is 11.6 Å². The van der Waals surface area contributed by atoms with Gasteiger partial charge in [-0.25, -0.2) is 4.39 Å². The highest BCUT2D eigenvalue weighted by molar-refractivity contribution is 5.92. The fourth-order valence-electron chi connectivity index (χ4n) is 2.89. The maximum atomic E-state index is 13.1. The van der Waals surface area contributed by atoms with Gasteiger partial charge in [-0.2, -0.15) is 0 Å².